The molecule has 0 radical (unpaired) electrons. The van der Waals surface area contributed by atoms with Crippen LogP contribution in [0.4, 0.5) is 0 Å². The first-order valence-electron chi connectivity index (χ1n) is 11.5. The lowest BCUT2D eigenvalue weighted by Crippen LogP contribution is -2.55. The fourth-order valence-electron chi connectivity index (χ4n) is 4.87. The molecule has 1 saturated carbocycles. The Balaban J connectivity index is 1.20. The van der Waals surface area contributed by atoms with Crippen LogP contribution in [-0.4, -0.2) is 78.0 Å². The van der Waals surface area contributed by atoms with E-state index in [9.17, 15) is 4.79 Å². The normalized spacial score (nSPS) is 20.4. The van der Waals surface area contributed by atoms with Gasteiger partial charge in [-0.1, -0.05) is 18.1 Å². The van der Waals surface area contributed by atoms with E-state index in [0.717, 1.165) is 68.1 Å². The molecule has 0 bridgehead atoms. The van der Waals surface area contributed by atoms with Crippen LogP contribution in [0.5, 0.6) is 5.75 Å². The highest BCUT2D eigenvalue weighted by molar-refractivity contribution is 7.15. The Hall–Kier alpha value is -1.96. The van der Waals surface area contributed by atoms with Crippen molar-refractivity contribution in [3.63, 3.8) is 0 Å². The number of nitrogens with zero attached hydrogens (tertiary/aromatic N) is 4. The fraction of sp³-hybridized carbons (Fsp3) is 0.583. The number of benzene rings is 1. The Morgan fingerprint density at radius 1 is 1.19 bits per heavy atom. The zero-order valence-electron chi connectivity index (χ0n) is 18.6. The largest absolute Gasteiger partial charge is 0.496 e. The van der Waals surface area contributed by atoms with Gasteiger partial charge in [-0.15, -0.1) is 11.3 Å². The number of thiazole rings is 1. The van der Waals surface area contributed by atoms with Gasteiger partial charge in [-0.2, -0.15) is 0 Å². The molecule has 0 unspecified atom stereocenters. The molecule has 6 nitrogen and oxygen atoms in total. The lowest BCUT2D eigenvalue weighted by Gasteiger charge is -2.43. The van der Waals surface area contributed by atoms with Crippen molar-refractivity contribution in [2.24, 2.45) is 0 Å². The summed E-state index contributed by atoms with van der Waals surface area (Å²) in [6, 6.07) is 7.01. The van der Waals surface area contributed by atoms with Gasteiger partial charge in [-0.3, -0.25) is 14.6 Å². The predicted octanol–water partition coefficient (Wildman–Crippen LogP) is 3.18. The van der Waals surface area contributed by atoms with Crippen LogP contribution in [0.2, 0.25) is 0 Å². The Morgan fingerprint density at radius 2 is 2.00 bits per heavy atom. The third kappa shape index (κ3) is 4.36. The molecule has 1 saturated heterocycles. The number of carbonyl (C=O) groups is 1. The highest BCUT2D eigenvalue weighted by Gasteiger charge is 2.30. The number of amides is 1. The van der Waals surface area contributed by atoms with Crippen LogP contribution >= 0.6 is 11.3 Å². The first kappa shape index (κ1) is 20.9. The molecule has 2 aliphatic heterocycles. The van der Waals surface area contributed by atoms with Gasteiger partial charge in [0.1, 0.15) is 10.8 Å². The maximum atomic E-state index is 12.9. The highest BCUT2D eigenvalue weighted by atomic mass is 32.1. The number of carbonyl (C=O) groups excluding carboxylic acids is 1. The van der Waals surface area contributed by atoms with E-state index in [4.69, 9.17) is 9.72 Å². The molecule has 3 heterocycles. The number of aryl methyl sites for hydroxylation is 1. The first-order valence-corrected chi connectivity index (χ1v) is 12.3. The van der Waals surface area contributed by atoms with Gasteiger partial charge >= 0.3 is 0 Å². The standard InChI is InChI=1S/C24H32N4O2S/c1-17-6-7-21(30-2)19(14-17)24-25-20-8-9-26(15-22(20)31-24)16-23(29)28-12-10-27(11-13-28)18-4-3-5-18/h6-7,14,18H,3-5,8-13,15-16H2,1-2H3. The van der Waals surface area contributed by atoms with Gasteiger partial charge in [0.15, 0.2) is 0 Å². The highest BCUT2D eigenvalue weighted by Crippen LogP contribution is 2.37. The van der Waals surface area contributed by atoms with Gasteiger partial charge in [0.25, 0.3) is 0 Å². The molecule has 1 aliphatic carbocycles. The maximum absolute atomic E-state index is 12.9. The fourth-order valence-corrected chi connectivity index (χ4v) is 6.04. The van der Waals surface area contributed by atoms with Crippen molar-refractivity contribution in [3.8, 4) is 16.3 Å². The molecular weight excluding hydrogens is 408 g/mol. The minimum atomic E-state index is 0.279. The molecule has 0 N–H and O–H groups in total. The van der Waals surface area contributed by atoms with Crippen LogP contribution in [0.15, 0.2) is 18.2 Å². The summed E-state index contributed by atoms with van der Waals surface area (Å²) in [5, 5.41) is 1.02. The smallest absolute Gasteiger partial charge is 0.236 e. The minimum absolute atomic E-state index is 0.279. The number of methoxy groups -OCH3 is 1. The van der Waals surface area contributed by atoms with E-state index in [0.29, 0.717) is 6.54 Å². The summed E-state index contributed by atoms with van der Waals surface area (Å²) in [6.45, 7) is 8.16. The van der Waals surface area contributed by atoms with Crippen LogP contribution in [0.25, 0.3) is 10.6 Å². The molecule has 31 heavy (non-hydrogen) atoms. The second kappa shape index (κ2) is 8.88. The molecule has 2 aromatic rings. The van der Waals surface area contributed by atoms with Gasteiger partial charge in [0.05, 0.1) is 24.9 Å². The summed E-state index contributed by atoms with van der Waals surface area (Å²) >= 11 is 1.74. The summed E-state index contributed by atoms with van der Waals surface area (Å²) in [7, 11) is 1.71. The molecule has 166 valence electrons. The molecule has 1 aromatic carbocycles. The number of fused-ring (bicyclic) bond motifs is 1. The van der Waals surface area contributed by atoms with Crippen molar-refractivity contribution >= 4 is 17.2 Å². The SMILES string of the molecule is COc1ccc(C)cc1-c1nc2c(s1)CN(CC(=O)N1CCN(C3CCC3)CC1)CC2. The van der Waals surface area contributed by atoms with E-state index in [-0.39, 0.29) is 5.91 Å². The van der Waals surface area contributed by atoms with Crippen LogP contribution < -0.4 is 4.74 Å². The van der Waals surface area contributed by atoms with E-state index in [2.05, 4.69) is 33.8 Å². The van der Waals surface area contributed by atoms with Crippen molar-refractivity contribution < 1.29 is 9.53 Å². The second-order valence-corrected chi connectivity index (χ2v) is 10.1. The Bertz CT molecular complexity index is 947. The van der Waals surface area contributed by atoms with Crippen molar-refractivity contribution in [3.05, 3.63) is 34.3 Å². The molecule has 1 aromatic heterocycles. The van der Waals surface area contributed by atoms with Crippen LogP contribution in [0.3, 0.4) is 0 Å². The van der Waals surface area contributed by atoms with E-state index in [1.165, 1.54) is 35.4 Å². The molecule has 1 amide bonds. The first-order chi connectivity index (χ1) is 15.1. The van der Waals surface area contributed by atoms with Crippen LogP contribution in [0, 0.1) is 6.92 Å². The molecule has 7 heteroatoms. The predicted molar refractivity (Wildman–Crippen MR) is 124 cm³/mol. The van der Waals surface area contributed by atoms with Gasteiger partial charge in [0.2, 0.25) is 5.91 Å². The number of hydrogen-bond donors (Lipinski definition) is 0. The number of hydrogen-bond acceptors (Lipinski definition) is 6. The lowest BCUT2D eigenvalue weighted by atomic mass is 9.91. The van der Waals surface area contributed by atoms with Crippen LogP contribution in [0.1, 0.15) is 35.4 Å². The van der Waals surface area contributed by atoms with E-state index in [1.54, 1.807) is 18.4 Å². The van der Waals surface area contributed by atoms with E-state index >= 15 is 0 Å². The molecule has 2 fully saturated rings. The van der Waals surface area contributed by atoms with Gasteiger partial charge in [-0.25, -0.2) is 4.98 Å². The zero-order chi connectivity index (χ0) is 21.4. The minimum Gasteiger partial charge on any atom is -0.496 e. The lowest BCUT2D eigenvalue weighted by molar-refractivity contribution is -0.135. The average Bonchev–Trinajstić information content (AvgIpc) is 3.16. The molecule has 0 atom stereocenters. The third-order valence-electron chi connectivity index (χ3n) is 7.01. The summed E-state index contributed by atoms with van der Waals surface area (Å²) in [4.78, 5) is 26.1. The second-order valence-electron chi connectivity index (χ2n) is 9.05. The molecule has 5 rings (SSSR count). The maximum Gasteiger partial charge on any atom is 0.236 e. The van der Waals surface area contributed by atoms with Crippen LogP contribution in [-0.2, 0) is 17.8 Å². The molecular formula is C24H32N4O2S. The number of piperazine rings is 1. The summed E-state index contributed by atoms with van der Waals surface area (Å²) in [5.41, 5.74) is 3.45. The Morgan fingerprint density at radius 3 is 2.71 bits per heavy atom. The summed E-state index contributed by atoms with van der Waals surface area (Å²) in [6.07, 6.45) is 4.96. The number of ether oxygens (including phenoxy) is 1. The topological polar surface area (TPSA) is 48.9 Å². The van der Waals surface area contributed by atoms with Crippen molar-refractivity contribution in [1.82, 2.24) is 19.7 Å². The van der Waals surface area contributed by atoms with Crippen molar-refractivity contribution in [2.45, 2.75) is 45.2 Å². The third-order valence-corrected chi connectivity index (χ3v) is 8.13. The Kier molecular flexibility index (Phi) is 5.99. The van der Waals surface area contributed by atoms with E-state index in [1.807, 2.05) is 6.07 Å². The van der Waals surface area contributed by atoms with Gasteiger partial charge < -0.3 is 9.64 Å². The summed E-state index contributed by atoms with van der Waals surface area (Å²) in [5.74, 6) is 1.14. The number of rotatable bonds is 5. The quantitative estimate of drug-likeness (QED) is 0.715. The number of aromatic nitrogens is 1. The van der Waals surface area contributed by atoms with E-state index < -0.39 is 0 Å². The van der Waals surface area contributed by atoms with Gasteiger partial charge in [0, 0.05) is 56.6 Å². The summed E-state index contributed by atoms with van der Waals surface area (Å²) < 4.78 is 5.56. The molecule has 3 aliphatic rings. The van der Waals surface area contributed by atoms with Crippen molar-refractivity contribution in [2.75, 3.05) is 46.4 Å². The van der Waals surface area contributed by atoms with Crippen molar-refractivity contribution in [1.29, 1.82) is 0 Å². The zero-order valence-corrected chi connectivity index (χ0v) is 19.4. The molecule has 0 spiro atoms. The Labute approximate surface area is 188 Å². The monoisotopic (exact) mass is 440 g/mol. The average molecular weight is 441 g/mol. The van der Waals surface area contributed by atoms with Gasteiger partial charge in [-0.05, 0) is 31.9 Å².